The molecule has 4 nitrogen and oxygen atoms in total. The summed E-state index contributed by atoms with van der Waals surface area (Å²) in [6.07, 6.45) is 0. The molecule has 1 aromatic rings. The van der Waals surface area contributed by atoms with E-state index < -0.39 is 0 Å². The zero-order valence-corrected chi connectivity index (χ0v) is 12.2. The van der Waals surface area contributed by atoms with Gasteiger partial charge in [-0.25, -0.2) is 0 Å². The van der Waals surface area contributed by atoms with Gasteiger partial charge >= 0.3 is 0 Å². The minimum absolute atomic E-state index is 0.263. The van der Waals surface area contributed by atoms with Crippen molar-refractivity contribution in [1.29, 1.82) is 0 Å². The molecular formula is C15H24N2O2. The molecule has 106 valence electrons. The monoisotopic (exact) mass is 264 g/mol. The van der Waals surface area contributed by atoms with Crippen LogP contribution in [0.4, 0.5) is 0 Å². The number of hydrogen-bond acceptors (Lipinski definition) is 4. The molecule has 1 aliphatic rings. The molecule has 0 saturated carbocycles. The summed E-state index contributed by atoms with van der Waals surface area (Å²) >= 11 is 0. The Kier molecular flexibility index (Phi) is 4.32. The van der Waals surface area contributed by atoms with E-state index >= 15 is 0 Å². The summed E-state index contributed by atoms with van der Waals surface area (Å²) in [6.45, 7) is 6.37. The lowest BCUT2D eigenvalue weighted by molar-refractivity contribution is 0.247. The molecule has 1 aromatic carbocycles. The van der Waals surface area contributed by atoms with Gasteiger partial charge in [0.1, 0.15) is 11.5 Å². The second-order valence-electron chi connectivity index (χ2n) is 5.38. The van der Waals surface area contributed by atoms with E-state index in [4.69, 9.17) is 15.2 Å². The summed E-state index contributed by atoms with van der Waals surface area (Å²) in [4.78, 5) is 2.41. The van der Waals surface area contributed by atoms with Crippen molar-refractivity contribution in [3.05, 3.63) is 23.8 Å². The Morgan fingerprint density at radius 1 is 1.26 bits per heavy atom. The molecule has 0 radical (unpaired) electrons. The van der Waals surface area contributed by atoms with Crippen LogP contribution in [0.1, 0.15) is 25.5 Å². The van der Waals surface area contributed by atoms with Gasteiger partial charge in [-0.15, -0.1) is 0 Å². The summed E-state index contributed by atoms with van der Waals surface area (Å²) in [6, 6.07) is 6.48. The van der Waals surface area contributed by atoms with Crippen LogP contribution >= 0.6 is 0 Å². The van der Waals surface area contributed by atoms with Crippen molar-refractivity contribution < 1.29 is 9.47 Å². The largest absolute Gasteiger partial charge is 0.497 e. The standard InChI is InChI=1S/C15H24N2O2/c1-10-8-17(9-14(10)16)11(2)13-7-12(18-3)5-6-15(13)19-4/h5-7,10-11,14H,8-9,16H2,1-4H3. The fraction of sp³-hybridized carbons (Fsp3) is 0.600. The molecule has 1 heterocycles. The first-order valence-electron chi connectivity index (χ1n) is 6.78. The third-order valence-corrected chi connectivity index (χ3v) is 4.13. The van der Waals surface area contributed by atoms with E-state index in [1.54, 1.807) is 14.2 Å². The molecule has 1 fully saturated rings. The van der Waals surface area contributed by atoms with E-state index in [9.17, 15) is 0 Å². The molecule has 0 bridgehead atoms. The molecule has 0 spiro atoms. The number of rotatable bonds is 4. The van der Waals surface area contributed by atoms with Gasteiger partial charge in [0.05, 0.1) is 14.2 Å². The molecule has 4 heteroatoms. The van der Waals surface area contributed by atoms with E-state index in [2.05, 4.69) is 24.8 Å². The summed E-state index contributed by atoms with van der Waals surface area (Å²) in [7, 11) is 3.39. The van der Waals surface area contributed by atoms with E-state index in [-0.39, 0.29) is 12.1 Å². The predicted molar refractivity (Wildman–Crippen MR) is 76.7 cm³/mol. The number of nitrogens with zero attached hydrogens (tertiary/aromatic N) is 1. The summed E-state index contributed by atoms with van der Waals surface area (Å²) in [5.74, 6) is 2.31. The fourth-order valence-electron chi connectivity index (χ4n) is 2.71. The minimum atomic E-state index is 0.263. The number of hydrogen-bond donors (Lipinski definition) is 1. The molecule has 3 unspecified atom stereocenters. The number of nitrogens with two attached hydrogens (primary N) is 1. The van der Waals surface area contributed by atoms with Crippen molar-refractivity contribution in [3.8, 4) is 11.5 Å². The average Bonchev–Trinajstić information content (AvgIpc) is 2.77. The molecule has 1 saturated heterocycles. The van der Waals surface area contributed by atoms with E-state index in [0.29, 0.717) is 5.92 Å². The molecule has 1 aliphatic heterocycles. The van der Waals surface area contributed by atoms with Crippen LogP contribution in [0.25, 0.3) is 0 Å². The Morgan fingerprint density at radius 3 is 2.53 bits per heavy atom. The van der Waals surface area contributed by atoms with Gasteiger partial charge < -0.3 is 15.2 Å². The van der Waals surface area contributed by atoms with Crippen LogP contribution in [-0.4, -0.2) is 38.3 Å². The van der Waals surface area contributed by atoms with Crippen molar-refractivity contribution in [2.45, 2.75) is 25.9 Å². The summed E-state index contributed by atoms with van der Waals surface area (Å²) < 4.78 is 10.8. The van der Waals surface area contributed by atoms with Gasteiger partial charge in [-0.05, 0) is 31.0 Å². The van der Waals surface area contributed by atoms with Crippen LogP contribution in [0.15, 0.2) is 18.2 Å². The van der Waals surface area contributed by atoms with Crippen LogP contribution < -0.4 is 15.2 Å². The quantitative estimate of drug-likeness (QED) is 0.904. The lowest BCUT2D eigenvalue weighted by atomic mass is 10.1. The number of methoxy groups -OCH3 is 2. The summed E-state index contributed by atoms with van der Waals surface area (Å²) in [5, 5.41) is 0. The smallest absolute Gasteiger partial charge is 0.123 e. The third kappa shape index (κ3) is 2.85. The lowest BCUT2D eigenvalue weighted by Crippen LogP contribution is -2.30. The van der Waals surface area contributed by atoms with Gasteiger partial charge in [-0.1, -0.05) is 6.92 Å². The SMILES string of the molecule is COc1ccc(OC)c(C(C)N2CC(C)C(N)C2)c1. The van der Waals surface area contributed by atoms with E-state index in [0.717, 1.165) is 30.2 Å². The maximum absolute atomic E-state index is 6.11. The first-order chi connectivity index (χ1) is 9.06. The minimum Gasteiger partial charge on any atom is -0.497 e. The Bertz CT molecular complexity index is 426. The highest BCUT2D eigenvalue weighted by molar-refractivity contribution is 5.42. The first kappa shape index (κ1) is 14.2. The fourth-order valence-corrected chi connectivity index (χ4v) is 2.71. The van der Waals surface area contributed by atoms with Gasteiger partial charge in [0.2, 0.25) is 0 Å². The van der Waals surface area contributed by atoms with Crippen LogP contribution in [0.5, 0.6) is 11.5 Å². The highest BCUT2D eigenvalue weighted by Crippen LogP contribution is 2.34. The van der Waals surface area contributed by atoms with Gasteiger partial charge in [-0.3, -0.25) is 4.90 Å². The molecule has 0 aromatic heterocycles. The van der Waals surface area contributed by atoms with Crippen molar-refractivity contribution in [3.63, 3.8) is 0 Å². The van der Waals surface area contributed by atoms with Crippen molar-refractivity contribution in [1.82, 2.24) is 4.90 Å². The normalized spacial score (nSPS) is 25.3. The molecular weight excluding hydrogens is 240 g/mol. The van der Waals surface area contributed by atoms with Crippen LogP contribution in [0.2, 0.25) is 0 Å². The molecule has 2 N–H and O–H groups in total. The maximum atomic E-state index is 6.11. The molecule has 0 aliphatic carbocycles. The van der Waals surface area contributed by atoms with Gasteiger partial charge in [-0.2, -0.15) is 0 Å². The molecule has 2 rings (SSSR count). The first-order valence-corrected chi connectivity index (χ1v) is 6.78. The zero-order chi connectivity index (χ0) is 14.0. The van der Waals surface area contributed by atoms with Gasteiger partial charge in [0, 0.05) is 30.7 Å². The van der Waals surface area contributed by atoms with Crippen molar-refractivity contribution in [2.24, 2.45) is 11.7 Å². The van der Waals surface area contributed by atoms with E-state index in [1.807, 2.05) is 12.1 Å². The zero-order valence-electron chi connectivity index (χ0n) is 12.2. The molecule has 19 heavy (non-hydrogen) atoms. The van der Waals surface area contributed by atoms with Gasteiger partial charge in [0.25, 0.3) is 0 Å². The lowest BCUT2D eigenvalue weighted by Gasteiger charge is -2.26. The Labute approximate surface area is 115 Å². The number of likely N-dealkylation sites (tertiary alicyclic amines) is 1. The van der Waals surface area contributed by atoms with Crippen LogP contribution in [-0.2, 0) is 0 Å². The average molecular weight is 264 g/mol. The topological polar surface area (TPSA) is 47.7 Å². The highest BCUT2D eigenvalue weighted by Gasteiger charge is 2.31. The second kappa shape index (κ2) is 5.80. The Balaban J connectivity index is 2.24. The van der Waals surface area contributed by atoms with Crippen molar-refractivity contribution in [2.75, 3.05) is 27.3 Å². The Hall–Kier alpha value is -1.26. The molecule has 3 atom stereocenters. The van der Waals surface area contributed by atoms with E-state index in [1.165, 1.54) is 0 Å². The highest BCUT2D eigenvalue weighted by atomic mass is 16.5. The maximum Gasteiger partial charge on any atom is 0.123 e. The van der Waals surface area contributed by atoms with Gasteiger partial charge in [0.15, 0.2) is 0 Å². The number of ether oxygens (including phenoxy) is 2. The third-order valence-electron chi connectivity index (χ3n) is 4.13. The molecule has 0 amide bonds. The van der Waals surface area contributed by atoms with Crippen molar-refractivity contribution >= 4 is 0 Å². The van der Waals surface area contributed by atoms with Crippen LogP contribution in [0, 0.1) is 5.92 Å². The summed E-state index contributed by atoms with van der Waals surface area (Å²) in [5.41, 5.74) is 7.27. The second-order valence-corrected chi connectivity index (χ2v) is 5.38. The number of benzene rings is 1. The predicted octanol–water partition coefficient (Wildman–Crippen LogP) is 2.04. The van der Waals surface area contributed by atoms with Crippen LogP contribution in [0.3, 0.4) is 0 Å². The Morgan fingerprint density at radius 2 is 2.00 bits per heavy atom.